The van der Waals surface area contributed by atoms with Crippen molar-refractivity contribution >= 4 is 17.6 Å². The average molecular weight is 279 g/mol. The van der Waals surface area contributed by atoms with E-state index in [1.165, 1.54) is 26.4 Å². The number of benzene rings is 1. The van der Waals surface area contributed by atoms with Crippen LogP contribution in [0.15, 0.2) is 12.1 Å². The highest BCUT2D eigenvalue weighted by Crippen LogP contribution is 2.39. The first kappa shape index (κ1) is 14.2. The van der Waals surface area contributed by atoms with Crippen molar-refractivity contribution in [3.8, 4) is 11.5 Å². The van der Waals surface area contributed by atoms with Crippen LogP contribution in [0.1, 0.15) is 23.7 Å². The zero-order valence-corrected chi connectivity index (χ0v) is 11.6. The number of aromatic carboxylic acids is 1. The Morgan fingerprint density at radius 2 is 1.80 bits per heavy atom. The molecule has 0 heterocycles. The van der Waals surface area contributed by atoms with Crippen LogP contribution >= 0.6 is 0 Å². The predicted molar refractivity (Wildman–Crippen MR) is 72.4 cm³/mol. The standard InChI is InChI=1S/C14H17NO5/c1-7-4-8(7)13(16)15-10-6-12(20-3)11(19-2)5-9(10)14(17)18/h5-8H,4H2,1-3H3,(H,15,16)(H,17,18)/t7-,8+/m0/s1. The van der Waals surface area contributed by atoms with Crippen molar-refractivity contribution in [2.24, 2.45) is 11.8 Å². The summed E-state index contributed by atoms with van der Waals surface area (Å²) in [6.45, 7) is 1.98. The van der Waals surface area contributed by atoms with E-state index >= 15 is 0 Å². The van der Waals surface area contributed by atoms with Crippen LogP contribution < -0.4 is 14.8 Å². The molecule has 1 saturated carbocycles. The molecule has 0 unspecified atom stereocenters. The lowest BCUT2D eigenvalue weighted by molar-refractivity contribution is -0.117. The van der Waals surface area contributed by atoms with Crippen LogP contribution in [0, 0.1) is 11.8 Å². The zero-order valence-electron chi connectivity index (χ0n) is 11.6. The van der Waals surface area contributed by atoms with Crippen LogP contribution in [0.2, 0.25) is 0 Å². The number of hydrogen-bond donors (Lipinski definition) is 2. The number of rotatable bonds is 5. The summed E-state index contributed by atoms with van der Waals surface area (Å²) in [4.78, 5) is 23.2. The lowest BCUT2D eigenvalue weighted by Crippen LogP contribution is -2.17. The highest BCUT2D eigenvalue weighted by Gasteiger charge is 2.39. The van der Waals surface area contributed by atoms with Crippen LogP contribution in [0.25, 0.3) is 0 Å². The van der Waals surface area contributed by atoms with Gasteiger partial charge in [0.2, 0.25) is 5.91 Å². The molecule has 0 radical (unpaired) electrons. The van der Waals surface area contributed by atoms with E-state index < -0.39 is 5.97 Å². The van der Waals surface area contributed by atoms with Crippen LogP contribution in [0.5, 0.6) is 11.5 Å². The van der Waals surface area contributed by atoms with Gasteiger partial charge in [0, 0.05) is 18.1 Å². The van der Waals surface area contributed by atoms with Gasteiger partial charge in [-0.3, -0.25) is 4.79 Å². The van der Waals surface area contributed by atoms with Gasteiger partial charge < -0.3 is 19.9 Å². The number of carbonyl (C=O) groups is 2. The van der Waals surface area contributed by atoms with E-state index in [0.717, 1.165) is 6.42 Å². The Bertz CT molecular complexity index is 555. The molecule has 1 aromatic rings. The molecule has 0 aromatic heterocycles. The number of amides is 1. The van der Waals surface area contributed by atoms with Crippen LogP contribution in [0.3, 0.4) is 0 Å². The van der Waals surface area contributed by atoms with Gasteiger partial charge in [0.05, 0.1) is 25.5 Å². The lowest BCUT2D eigenvalue weighted by Gasteiger charge is -2.13. The van der Waals surface area contributed by atoms with Crippen LogP contribution in [0.4, 0.5) is 5.69 Å². The van der Waals surface area contributed by atoms with Crippen LogP contribution in [-0.2, 0) is 4.79 Å². The molecule has 0 saturated heterocycles. The summed E-state index contributed by atoms with van der Waals surface area (Å²) >= 11 is 0. The molecule has 108 valence electrons. The number of carboxylic acid groups (broad SMARTS) is 1. The topological polar surface area (TPSA) is 84.9 Å². The molecule has 1 fully saturated rings. The number of anilines is 1. The molecule has 20 heavy (non-hydrogen) atoms. The van der Waals surface area contributed by atoms with E-state index in [2.05, 4.69) is 5.32 Å². The summed E-state index contributed by atoms with van der Waals surface area (Å²) in [5.74, 6) is -0.301. The number of carboxylic acids is 1. The molecule has 6 heteroatoms. The molecule has 0 aliphatic heterocycles. The zero-order chi connectivity index (χ0) is 14.9. The summed E-state index contributed by atoms with van der Waals surface area (Å²) in [7, 11) is 2.88. The Morgan fingerprint density at radius 3 is 2.25 bits per heavy atom. The van der Waals surface area contributed by atoms with Crippen molar-refractivity contribution in [2.45, 2.75) is 13.3 Å². The third-order valence-corrected chi connectivity index (χ3v) is 3.46. The van der Waals surface area contributed by atoms with Gasteiger partial charge in [-0.1, -0.05) is 6.92 Å². The SMILES string of the molecule is COc1cc(NC(=O)[C@@H]2C[C@@H]2C)c(C(=O)O)cc1OC. The van der Waals surface area contributed by atoms with Gasteiger partial charge in [-0.2, -0.15) is 0 Å². The molecule has 1 amide bonds. The number of nitrogens with one attached hydrogen (secondary N) is 1. The van der Waals surface area contributed by atoms with Gasteiger partial charge in [0.25, 0.3) is 0 Å². The van der Waals surface area contributed by atoms with Crippen molar-refractivity contribution in [1.82, 2.24) is 0 Å². The van der Waals surface area contributed by atoms with E-state index in [-0.39, 0.29) is 23.1 Å². The van der Waals surface area contributed by atoms with E-state index in [1.54, 1.807) is 0 Å². The predicted octanol–water partition coefficient (Wildman–Crippen LogP) is 2.00. The number of hydrogen-bond acceptors (Lipinski definition) is 4. The molecule has 6 nitrogen and oxygen atoms in total. The molecular formula is C14H17NO5. The number of methoxy groups -OCH3 is 2. The third kappa shape index (κ3) is 2.68. The molecule has 1 aliphatic carbocycles. The Kier molecular flexibility index (Phi) is 3.83. The maximum atomic E-state index is 11.9. The van der Waals surface area contributed by atoms with Gasteiger partial charge in [0.15, 0.2) is 11.5 Å². The molecular weight excluding hydrogens is 262 g/mol. The summed E-state index contributed by atoms with van der Waals surface area (Å²) in [6, 6.07) is 2.81. The van der Waals surface area contributed by atoms with E-state index in [9.17, 15) is 14.7 Å². The summed E-state index contributed by atoms with van der Waals surface area (Å²) in [5.41, 5.74) is 0.198. The van der Waals surface area contributed by atoms with Gasteiger partial charge >= 0.3 is 5.97 Å². The quantitative estimate of drug-likeness (QED) is 0.861. The third-order valence-electron chi connectivity index (χ3n) is 3.46. The van der Waals surface area contributed by atoms with Crippen molar-refractivity contribution in [2.75, 3.05) is 19.5 Å². The van der Waals surface area contributed by atoms with Gasteiger partial charge in [0.1, 0.15) is 0 Å². The van der Waals surface area contributed by atoms with Crippen molar-refractivity contribution in [3.63, 3.8) is 0 Å². The first-order chi connectivity index (χ1) is 9.47. The molecule has 2 rings (SSSR count). The minimum atomic E-state index is -1.13. The highest BCUT2D eigenvalue weighted by molar-refractivity contribution is 6.02. The normalized spacial score (nSPS) is 20.1. The summed E-state index contributed by atoms with van der Waals surface area (Å²) in [5, 5.41) is 11.9. The van der Waals surface area contributed by atoms with Gasteiger partial charge in [-0.15, -0.1) is 0 Å². The monoisotopic (exact) mass is 279 g/mol. The average Bonchev–Trinajstić information content (AvgIpc) is 3.15. The first-order valence-electron chi connectivity index (χ1n) is 6.28. The smallest absolute Gasteiger partial charge is 0.337 e. The van der Waals surface area contributed by atoms with Crippen molar-refractivity contribution < 1.29 is 24.2 Å². The fourth-order valence-corrected chi connectivity index (χ4v) is 2.07. The number of ether oxygens (including phenoxy) is 2. The minimum Gasteiger partial charge on any atom is -0.493 e. The second kappa shape index (κ2) is 5.40. The maximum absolute atomic E-state index is 11.9. The molecule has 0 bridgehead atoms. The van der Waals surface area contributed by atoms with E-state index in [1.807, 2.05) is 6.92 Å². The Labute approximate surface area is 116 Å². The highest BCUT2D eigenvalue weighted by atomic mass is 16.5. The Hall–Kier alpha value is -2.24. The van der Waals surface area contributed by atoms with Gasteiger partial charge in [-0.05, 0) is 12.3 Å². The Balaban J connectivity index is 2.34. The second-order valence-corrected chi connectivity index (χ2v) is 4.87. The molecule has 2 atom stereocenters. The molecule has 1 aliphatic rings. The van der Waals surface area contributed by atoms with E-state index in [0.29, 0.717) is 17.4 Å². The lowest BCUT2D eigenvalue weighted by atomic mass is 10.1. The Morgan fingerprint density at radius 1 is 1.25 bits per heavy atom. The van der Waals surface area contributed by atoms with Crippen molar-refractivity contribution in [1.29, 1.82) is 0 Å². The first-order valence-corrected chi connectivity index (χ1v) is 6.28. The molecule has 1 aromatic carbocycles. The number of carbonyl (C=O) groups excluding carboxylic acids is 1. The summed E-state index contributed by atoms with van der Waals surface area (Å²) < 4.78 is 10.2. The van der Waals surface area contributed by atoms with E-state index in [4.69, 9.17) is 9.47 Å². The fraction of sp³-hybridized carbons (Fsp3) is 0.429. The van der Waals surface area contributed by atoms with Gasteiger partial charge in [-0.25, -0.2) is 4.79 Å². The summed E-state index contributed by atoms with van der Waals surface area (Å²) in [6.07, 6.45) is 0.835. The fourth-order valence-electron chi connectivity index (χ4n) is 2.07. The van der Waals surface area contributed by atoms with Crippen LogP contribution in [-0.4, -0.2) is 31.2 Å². The molecule has 2 N–H and O–H groups in total. The minimum absolute atomic E-state index is 0.0238. The largest absolute Gasteiger partial charge is 0.493 e. The second-order valence-electron chi connectivity index (χ2n) is 4.87. The maximum Gasteiger partial charge on any atom is 0.337 e. The van der Waals surface area contributed by atoms with Crippen molar-refractivity contribution in [3.05, 3.63) is 17.7 Å². The molecule has 0 spiro atoms.